The topological polar surface area (TPSA) is 15.3 Å². The number of benzene rings is 1. The average molecular weight is 258 g/mol. The van der Waals surface area contributed by atoms with Crippen LogP contribution in [0.25, 0.3) is 0 Å². The Morgan fingerprint density at radius 1 is 1.21 bits per heavy atom. The predicted molar refractivity (Wildman–Crippen MR) is 80.4 cm³/mol. The highest BCUT2D eigenvalue weighted by molar-refractivity contribution is 5.28. The van der Waals surface area contributed by atoms with E-state index in [-0.39, 0.29) is 0 Å². The van der Waals surface area contributed by atoms with Gasteiger partial charge in [-0.3, -0.25) is 4.90 Å². The number of piperazine rings is 1. The summed E-state index contributed by atoms with van der Waals surface area (Å²) in [5.41, 5.74) is 3.35. The van der Waals surface area contributed by atoms with Crippen LogP contribution in [0, 0.1) is 6.92 Å². The van der Waals surface area contributed by atoms with Gasteiger partial charge in [-0.05, 0) is 37.8 Å². The van der Waals surface area contributed by atoms with Crippen molar-refractivity contribution < 1.29 is 0 Å². The van der Waals surface area contributed by atoms with Gasteiger partial charge in [0.1, 0.15) is 0 Å². The molecule has 1 aromatic carbocycles. The van der Waals surface area contributed by atoms with E-state index in [1.165, 1.54) is 49.9 Å². The molecule has 1 heterocycles. The van der Waals surface area contributed by atoms with Crippen molar-refractivity contribution in [2.75, 3.05) is 19.6 Å². The summed E-state index contributed by atoms with van der Waals surface area (Å²) in [5, 5.41) is 3.80. The zero-order valence-electron chi connectivity index (χ0n) is 12.3. The van der Waals surface area contributed by atoms with Crippen LogP contribution in [0.15, 0.2) is 24.3 Å². The van der Waals surface area contributed by atoms with Crippen LogP contribution in [0.2, 0.25) is 0 Å². The molecule has 0 radical (unpaired) electrons. The SMILES string of the molecule is Cc1ccccc1C(C)N1CCNC2(CCCC2)C1. The van der Waals surface area contributed by atoms with Crippen LogP contribution in [0.1, 0.15) is 49.8 Å². The molecule has 2 nitrogen and oxygen atoms in total. The largest absolute Gasteiger partial charge is 0.309 e. The van der Waals surface area contributed by atoms with Crippen molar-refractivity contribution >= 4 is 0 Å². The maximum absolute atomic E-state index is 3.80. The third-order valence-electron chi connectivity index (χ3n) is 5.15. The van der Waals surface area contributed by atoms with Gasteiger partial charge in [-0.25, -0.2) is 0 Å². The first-order valence-electron chi connectivity index (χ1n) is 7.75. The summed E-state index contributed by atoms with van der Waals surface area (Å²) in [5.74, 6) is 0. The molecule has 0 aromatic heterocycles. The van der Waals surface area contributed by atoms with Gasteiger partial charge in [0.05, 0.1) is 0 Å². The Hall–Kier alpha value is -0.860. The monoisotopic (exact) mass is 258 g/mol. The summed E-state index contributed by atoms with van der Waals surface area (Å²) in [6.07, 6.45) is 5.53. The Labute approximate surface area is 117 Å². The van der Waals surface area contributed by atoms with Gasteiger partial charge >= 0.3 is 0 Å². The number of hydrogen-bond acceptors (Lipinski definition) is 2. The Balaban J connectivity index is 1.76. The van der Waals surface area contributed by atoms with E-state index < -0.39 is 0 Å². The molecule has 1 saturated carbocycles. The van der Waals surface area contributed by atoms with Gasteiger partial charge in [0.2, 0.25) is 0 Å². The lowest BCUT2D eigenvalue weighted by Gasteiger charge is -2.44. The molecule has 2 aliphatic rings. The van der Waals surface area contributed by atoms with Crippen molar-refractivity contribution in [2.45, 2.75) is 51.1 Å². The van der Waals surface area contributed by atoms with Gasteiger partial charge in [0, 0.05) is 31.2 Å². The molecule has 1 atom stereocenters. The van der Waals surface area contributed by atoms with E-state index in [9.17, 15) is 0 Å². The predicted octanol–water partition coefficient (Wildman–Crippen LogP) is 3.27. The van der Waals surface area contributed by atoms with Crippen molar-refractivity contribution in [3.05, 3.63) is 35.4 Å². The molecular weight excluding hydrogens is 232 g/mol. The van der Waals surface area contributed by atoms with Gasteiger partial charge in [-0.1, -0.05) is 37.1 Å². The van der Waals surface area contributed by atoms with Gasteiger partial charge in [-0.2, -0.15) is 0 Å². The average Bonchev–Trinajstić information content (AvgIpc) is 2.86. The summed E-state index contributed by atoms with van der Waals surface area (Å²) < 4.78 is 0. The van der Waals surface area contributed by atoms with Crippen molar-refractivity contribution in [2.24, 2.45) is 0 Å². The minimum atomic E-state index is 0.426. The van der Waals surface area contributed by atoms with Gasteiger partial charge in [-0.15, -0.1) is 0 Å². The maximum Gasteiger partial charge on any atom is 0.0323 e. The molecule has 1 aliphatic carbocycles. The molecule has 3 rings (SSSR count). The highest BCUT2D eigenvalue weighted by Crippen LogP contribution is 2.35. The summed E-state index contributed by atoms with van der Waals surface area (Å²) in [6, 6.07) is 9.39. The maximum atomic E-state index is 3.80. The number of hydrogen-bond donors (Lipinski definition) is 1. The summed E-state index contributed by atoms with van der Waals surface area (Å²) in [7, 11) is 0. The lowest BCUT2D eigenvalue weighted by Crippen LogP contribution is -2.59. The third kappa shape index (κ3) is 2.56. The Kier molecular flexibility index (Phi) is 3.64. The summed E-state index contributed by atoms with van der Waals surface area (Å²) in [4.78, 5) is 2.68. The Morgan fingerprint density at radius 2 is 1.95 bits per heavy atom. The van der Waals surface area contributed by atoms with Crippen molar-refractivity contribution in [1.82, 2.24) is 10.2 Å². The van der Waals surface area contributed by atoms with Crippen LogP contribution in [0.3, 0.4) is 0 Å². The van der Waals surface area contributed by atoms with Crippen molar-refractivity contribution in [3.63, 3.8) is 0 Å². The minimum absolute atomic E-state index is 0.426. The number of rotatable bonds is 2. The fraction of sp³-hybridized carbons (Fsp3) is 0.647. The fourth-order valence-electron chi connectivity index (χ4n) is 3.96. The highest BCUT2D eigenvalue weighted by atomic mass is 15.2. The van der Waals surface area contributed by atoms with Crippen molar-refractivity contribution in [3.8, 4) is 0 Å². The lowest BCUT2D eigenvalue weighted by molar-refractivity contribution is 0.100. The zero-order chi connectivity index (χ0) is 13.3. The van der Waals surface area contributed by atoms with Crippen molar-refractivity contribution in [1.29, 1.82) is 0 Å². The zero-order valence-corrected chi connectivity index (χ0v) is 12.3. The van der Waals surface area contributed by atoms with E-state index in [0.29, 0.717) is 11.6 Å². The van der Waals surface area contributed by atoms with Crippen LogP contribution in [0.5, 0.6) is 0 Å². The number of aryl methyl sites for hydroxylation is 1. The number of nitrogens with zero attached hydrogens (tertiary/aromatic N) is 1. The van der Waals surface area contributed by atoms with E-state index in [4.69, 9.17) is 0 Å². The molecule has 1 aromatic rings. The quantitative estimate of drug-likeness (QED) is 0.876. The molecule has 1 saturated heterocycles. The van der Waals surface area contributed by atoms with Crippen LogP contribution < -0.4 is 5.32 Å². The van der Waals surface area contributed by atoms with Crippen LogP contribution in [-0.2, 0) is 0 Å². The normalized spacial score (nSPS) is 24.7. The molecule has 2 fully saturated rings. The molecule has 19 heavy (non-hydrogen) atoms. The second-order valence-corrected chi connectivity index (χ2v) is 6.42. The van der Waals surface area contributed by atoms with E-state index in [1.54, 1.807) is 0 Å². The third-order valence-corrected chi connectivity index (χ3v) is 5.15. The van der Waals surface area contributed by atoms with E-state index in [0.717, 1.165) is 6.54 Å². The Morgan fingerprint density at radius 3 is 2.68 bits per heavy atom. The van der Waals surface area contributed by atoms with Crippen LogP contribution in [-0.4, -0.2) is 30.1 Å². The number of nitrogens with one attached hydrogen (secondary N) is 1. The van der Waals surface area contributed by atoms with Gasteiger partial charge < -0.3 is 5.32 Å². The minimum Gasteiger partial charge on any atom is -0.309 e. The van der Waals surface area contributed by atoms with E-state index in [1.807, 2.05) is 0 Å². The molecule has 1 N–H and O–H groups in total. The van der Waals surface area contributed by atoms with E-state index in [2.05, 4.69) is 48.3 Å². The lowest BCUT2D eigenvalue weighted by atomic mass is 9.92. The smallest absolute Gasteiger partial charge is 0.0323 e. The van der Waals surface area contributed by atoms with Gasteiger partial charge in [0.25, 0.3) is 0 Å². The second-order valence-electron chi connectivity index (χ2n) is 6.42. The molecule has 1 spiro atoms. The molecule has 2 heteroatoms. The van der Waals surface area contributed by atoms with Crippen LogP contribution in [0.4, 0.5) is 0 Å². The first kappa shape index (κ1) is 13.1. The highest BCUT2D eigenvalue weighted by Gasteiger charge is 2.38. The molecule has 104 valence electrons. The molecule has 0 bridgehead atoms. The van der Waals surface area contributed by atoms with Crippen LogP contribution >= 0.6 is 0 Å². The summed E-state index contributed by atoms with van der Waals surface area (Å²) >= 11 is 0. The first-order valence-corrected chi connectivity index (χ1v) is 7.75. The summed E-state index contributed by atoms with van der Waals surface area (Å²) in [6.45, 7) is 8.16. The molecular formula is C17H26N2. The standard InChI is InChI=1S/C17H26N2/c1-14-7-3-4-8-16(14)15(2)19-12-11-18-17(13-19)9-5-6-10-17/h3-4,7-8,15,18H,5-6,9-13H2,1-2H3. The molecule has 0 amide bonds. The van der Waals surface area contributed by atoms with E-state index >= 15 is 0 Å². The fourth-order valence-corrected chi connectivity index (χ4v) is 3.96. The van der Waals surface area contributed by atoms with Gasteiger partial charge in [0.15, 0.2) is 0 Å². The second kappa shape index (κ2) is 5.26. The first-order chi connectivity index (χ1) is 9.20. The molecule has 1 aliphatic heterocycles. The Bertz CT molecular complexity index is 435. The molecule has 1 unspecified atom stereocenters.